The van der Waals surface area contributed by atoms with E-state index in [0.717, 1.165) is 35.4 Å². The largest absolute Gasteiger partial charge is 0.399 e. The number of hydrogen-bond donors (Lipinski definition) is 4. The van der Waals surface area contributed by atoms with Crippen LogP contribution in [-0.2, 0) is 12.8 Å². The predicted molar refractivity (Wildman–Crippen MR) is 96.9 cm³/mol. The number of rotatable bonds is 6. The summed E-state index contributed by atoms with van der Waals surface area (Å²) < 4.78 is 0. The van der Waals surface area contributed by atoms with E-state index in [1.54, 1.807) is 0 Å². The first-order valence-electron chi connectivity index (χ1n) is 7.97. The van der Waals surface area contributed by atoms with Crippen LogP contribution < -0.4 is 11.1 Å². The second-order valence-electron chi connectivity index (χ2n) is 5.88. The molecule has 2 aromatic carbocycles. The Morgan fingerprint density at radius 1 is 1.13 bits per heavy atom. The topological polar surface area (TPSA) is 74.1 Å². The molecular formula is C19H23N3O. The van der Waals surface area contributed by atoms with Gasteiger partial charge in [-0.25, -0.2) is 0 Å². The number of anilines is 2. The molecule has 0 aliphatic rings. The number of aliphatic hydroxyl groups is 1. The van der Waals surface area contributed by atoms with Crippen LogP contribution in [0.3, 0.4) is 0 Å². The Morgan fingerprint density at radius 3 is 2.78 bits per heavy atom. The molecule has 1 aromatic heterocycles. The van der Waals surface area contributed by atoms with Crippen molar-refractivity contribution in [3.8, 4) is 0 Å². The van der Waals surface area contributed by atoms with Crippen molar-refractivity contribution in [1.29, 1.82) is 0 Å². The van der Waals surface area contributed by atoms with Gasteiger partial charge in [-0.05, 0) is 54.7 Å². The lowest BCUT2D eigenvalue weighted by molar-refractivity contribution is 0.300. The van der Waals surface area contributed by atoms with Gasteiger partial charge in [0.15, 0.2) is 0 Å². The lowest BCUT2D eigenvalue weighted by Gasteiger charge is -2.10. The first-order valence-corrected chi connectivity index (χ1v) is 7.97. The maximum absolute atomic E-state index is 9.17. The van der Waals surface area contributed by atoms with Crippen molar-refractivity contribution in [3.05, 3.63) is 59.3 Å². The maximum atomic E-state index is 9.17. The van der Waals surface area contributed by atoms with Crippen LogP contribution >= 0.6 is 0 Å². The van der Waals surface area contributed by atoms with Crippen LogP contribution in [0.2, 0.25) is 0 Å². The highest BCUT2D eigenvalue weighted by molar-refractivity contribution is 5.86. The fourth-order valence-electron chi connectivity index (χ4n) is 3.03. The number of para-hydroxylation sites is 1. The molecule has 0 spiro atoms. The minimum atomic E-state index is 0.172. The number of aliphatic hydroxyl groups excluding tert-OH is 1. The SMILES string of the molecule is Cc1cc(N)ccc1NCCc1c[nH]c2c(CCO)cccc12. The number of benzene rings is 2. The maximum Gasteiger partial charge on any atom is 0.0490 e. The Hall–Kier alpha value is -2.46. The van der Waals surface area contributed by atoms with Crippen molar-refractivity contribution >= 4 is 22.3 Å². The summed E-state index contributed by atoms with van der Waals surface area (Å²) in [6.45, 7) is 3.10. The Balaban J connectivity index is 1.71. The smallest absolute Gasteiger partial charge is 0.0490 e. The summed E-state index contributed by atoms with van der Waals surface area (Å²) in [5, 5.41) is 13.9. The quantitative estimate of drug-likeness (QED) is 0.528. The normalized spacial score (nSPS) is 11.0. The first-order chi connectivity index (χ1) is 11.2. The van der Waals surface area contributed by atoms with Gasteiger partial charge < -0.3 is 21.1 Å². The number of aryl methyl sites for hydroxylation is 1. The highest BCUT2D eigenvalue weighted by Gasteiger charge is 2.07. The van der Waals surface area contributed by atoms with Gasteiger partial charge in [0.2, 0.25) is 0 Å². The summed E-state index contributed by atoms with van der Waals surface area (Å²) in [6.07, 6.45) is 3.69. The number of nitrogen functional groups attached to an aromatic ring is 1. The highest BCUT2D eigenvalue weighted by Crippen LogP contribution is 2.23. The summed E-state index contributed by atoms with van der Waals surface area (Å²) >= 11 is 0. The molecule has 0 saturated carbocycles. The van der Waals surface area contributed by atoms with Gasteiger partial charge in [-0.2, -0.15) is 0 Å². The number of aromatic nitrogens is 1. The van der Waals surface area contributed by atoms with Crippen LogP contribution in [0.5, 0.6) is 0 Å². The van der Waals surface area contributed by atoms with E-state index in [1.165, 1.54) is 16.5 Å². The van der Waals surface area contributed by atoms with Gasteiger partial charge in [0.05, 0.1) is 0 Å². The molecule has 0 amide bonds. The van der Waals surface area contributed by atoms with Gasteiger partial charge in [0, 0.05) is 41.6 Å². The molecule has 0 atom stereocenters. The zero-order valence-electron chi connectivity index (χ0n) is 13.4. The molecule has 0 radical (unpaired) electrons. The zero-order chi connectivity index (χ0) is 16.2. The van der Waals surface area contributed by atoms with Gasteiger partial charge in [-0.3, -0.25) is 0 Å². The molecule has 23 heavy (non-hydrogen) atoms. The summed E-state index contributed by atoms with van der Waals surface area (Å²) in [5.74, 6) is 0. The predicted octanol–water partition coefficient (Wildman–Crippen LogP) is 3.25. The third kappa shape index (κ3) is 3.32. The average Bonchev–Trinajstić information content (AvgIpc) is 2.94. The number of nitrogens with one attached hydrogen (secondary N) is 2. The molecule has 0 bridgehead atoms. The Labute approximate surface area is 136 Å². The summed E-state index contributed by atoms with van der Waals surface area (Å²) in [7, 11) is 0. The molecule has 120 valence electrons. The Kier molecular flexibility index (Phi) is 4.53. The molecule has 4 heteroatoms. The van der Waals surface area contributed by atoms with Gasteiger partial charge in [-0.15, -0.1) is 0 Å². The zero-order valence-corrected chi connectivity index (χ0v) is 13.4. The second kappa shape index (κ2) is 6.75. The monoisotopic (exact) mass is 309 g/mol. The third-order valence-corrected chi connectivity index (χ3v) is 4.23. The summed E-state index contributed by atoms with van der Waals surface area (Å²) in [5.41, 5.74) is 12.5. The lowest BCUT2D eigenvalue weighted by Crippen LogP contribution is -2.06. The Morgan fingerprint density at radius 2 is 2.00 bits per heavy atom. The first kappa shape index (κ1) is 15.4. The Bertz CT molecular complexity index is 807. The van der Waals surface area contributed by atoms with Crippen molar-refractivity contribution in [1.82, 2.24) is 4.98 Å². The number of H-pyrrole nitrogens is 1. The fourth-order valence-corrected chi connectivity index (χ4v) is 3.03. The number of hydrogen-bond acceptors (Lipinski definition) is 3. The highest BCUT2D eigenvalue weighted by atomic mass is 16.2. The molecule has 0 fully saturated rings. The molecule has 0 saturated heterocycles. The van der Waals surface area contributed by atoms with E-state index in [-0.39, 0.29) is 6.61 Å². The van der Waals surface area contributed by atoms with E-state index < -0.39 is 0 Å². The molecular weight excluding hydrogens is 286 g/mol. The lowest BCUT2D eigenvalue weighted by atomic mass is 10.1. The molecule has 1 heterocycles. The number of fused-ring (bicyclic) bond motifs is 1. The molecule has 0 aliphatic heterocycles. The van der Waals surface area contributed by atoms with Crippen LogP contribution in [0, 0.1) is 6.92 Å². The van der Waals surface area contributed by atoms with Crippen molar-refractivity contribution in [2.45, 2.75) is 19.8 Å². The van der Waals surface area contributed by atoms with E-state index in [1.807, 2.05) is 18.2 Å². The minimum Gasteiger partial charge on any atom is -0.399 e. The molecule has 3 rings (SSSR count). The van der Waals surface area contributed by atoms with Crippen LogP contribution in [0.4, 0.5) is 11.4 Å². The van der Waals surface area contributed by atoms with Gasteiger partial charge >= 0.3 is 0 Å². The molecule has 0 unspecified atom stereocenters. The van der Waals surface area contributed by atoms with E-state index in [4.69, 9.17) is 10.8 Å². The van der Waals surface area contributed by atoms with E-state index in [0.29, 0.717) is 6.42 Å². The van der Waals surface area contributed by atoms with Gasteiger partial charge in [-0.1, -0.05) is 18.2 Å². The summed E-state index contributed by atoms with van der Waals surface area (Å²) in [6, 6.07) is 12.2. The fraction of sp³-hybridized carbons (Fsp3) is 0.263. The summed E-state index contributed by atoms with van der Waals surface area (Å²) in [4.78, 5) is 3.35. The van der Waals surface area contributed by atoms with Crippen molar-refractivity contribution < 1.29 is 5.11 Å². The number of aromatic amines is 1. The van der Waals surface area contributed by atoms with Crippen LogP contribution in [0.1, 0.15) is 16.7 Å². The molecule has 3 aromatic rings. The molecule has 0 aliphatic carbocycles. The minimum absolute atomic E-state index is 0.172. The molecule has 5 N–H and O–H groups in total. The van der Waals surface area contributed by atoms with Gasteiger partial charge in [0.25, 0.3) is 0 Å². The number of nitrogens with two attached hydrogens (primary N) is 1. The molecule has 4 nitrogen and oxygen atoms in total. The van der Waals surface area contributed by atoms with E-state index >= 15 is 0 Å². The van der Waals surface area contributed by atoms with Gasteiger partial charge in [0.1, 0.15) is 0 Å². The second-order valence-corrected chi connectivity index (χ2v) is 5.88. The van der Waals surface area contributed by atoms with Crippen LogP contribution in [-0.4, -0.2) is 23.2 Å². The van der Waals surface area contributed by atoms with Crippen molar-refractivity contribution in [2.24, 2.45) is 0 Å². The van der Waals surface area contributed by atoms with Crippen LogP contribution in [0.25, 0.3) is 10.9 Å². The van der Waals surface area contributed by atoms with E-state index in [2.05, 4.69) is 41.6 Å². The van der Waals surface area contributed by atoms with Crippen molar-refractivity contribution in [3.63, 3.8) is 0 Å². The van der Waals surface area contributed by atoms with E-state index in [9.17, 15) is 0 Å². The van der Waals surface area contributed by atoms with Crippen LogP contribution in [0.15, 0.2) is 42.6 Å². The average molecular weight is 309 g/mol. The van der Waals surface area contributed by atoms with Crippen molar-refractivity contribution in [2.75, 3.05) is 24.2 Å². The standard InChI is InChI=1S/C19H23N3O/c1-13-11-16(20)5-6-18(13)21-9-7-15-12-22-19-14(8-10-23)3-2-4-17(15)19/h2-6,11-12,21-23H,7-10,20H2,1H3. The third-order valence-electron chi connectivity index (χ3n) is 4.23.